The number of thiocarbonyl (C=S) groups is 1. The molecule has 0 amide bonds. The standard InChI is InChI=1S/C15H25N3S/c1-6-9(2)7-10(3)18-13-8-11(4)17-12(5)14(13)15(16)19/h8-10H,6-7H2,1-5H3,(H2,16,19)(H,17,18). The van der Waals surface area contributed by atoms with E-state index in [1.807, 2.05) is 19.9 Å². The van der Waals surface area contributed by atoms with Gasteiger partial charge in [0.1, 0.15) is 4.99 Å². The molecule has 0 aliphatic carbocycles. The molecule has 3 N–H and O–H groups in total. The Balaban J connectivity index is 2.96. The van der Waals surface area contributed by atoms with Gasteiger partial charge < -0.3 is 11.1 Å². The van der Waals surface area contributed by atoms with Gasteiger partial charge in [-0.2, -0.15) is 0 Å². The molecule has 1 aromatic heterocycles. The van der Waals surface area contributed by atoms with Gasteiger partial charge in [0.05, 0.1) is 5.56 Å². The summed E-state index contributed by atoms with van der Waals surface area (Å²) < 4.78 is 0. The van der Waals surface area contributed by atoms with Gasteiger partial charge in [0.2, 0.25) is 0 Å². The molecular formula is C15H25N3S. The quantitative estimate of drug-likeness (QED) is 0.782. The zero-order chi connectivity index (χ0) is 14.6. The van der Waals surface area contributed by atoms with Crippen LogP contribution in [0.1, 0.15) is 50.6 Å². The summed E-state index contributed by atoms with van der Waals surface area (Å²) >= 11 is 5.14. The monoisotopic (exact) mass is 279 g/mol. The van der Waals surface area contributed by atoms with Gasteiger partial charge in [-0.3, -0.25) is 4.98 Å². The largest absolute Gasteiger partial charge is 0.389 e. The summed E-state index contributed by atoms with van der Waals surface area (Å²) in [6.07, 6.45) is 2.33. The van der Waals surface area contributed by atoms with E-state index in [1.165, 1.54) is 6.42 Å². The fourth-order valence-corrected chi connectivity index (χ4v) is 2.61. The number of pyridine rings is 1. The average molecular weight is 279 g/mol. The maximum Gasteiger partial charge on any atom is 0.107 e. The third kappa shape index (κ3) is 4.46. The SMILES string of the molecule is CCC(C)CC(C)Nc1cc(C)nc(C)c1C(N)=S. The van der Waals surface area contributed by atoms with Crippen molar-refractivity contribution in [1.82, 2.24) is 4.98 Å². The summed E-state index contributed by atoms with van der Waals surface area (Å²) in [4.78, 5) is 4.84. The number of nitrogens with one attached hydrogen (secondary N) is 1. The maximum absolute atomic E-state index is 5.82. The van der Waals surface area contributed by atoms with Crippen molar-refractivity contribution in [3.63, 3.8) is 0 Å². The topological polar surface area (TPSA) is 50.9 Å². The van der Waals surface area contributed by atoms with Crippen LogP contribution < -0.4 is 11.1 Å². The zero-order valence-corrected chi connectivity index (χ0v) is 13.4. The molecule has 0 bridgehead atoms. The maximum atomic E-state index is 5.82. The highest BCUT2D eigenvalue weighted by Crippen LogP contribution is 2.22. The summed E-state index contributed by atoms with van der Waals surface area (Å²) in [5.74, 6) is 0.708. The Morgan fingerprint density at radius 1 is 1.42 bits per heavy atom. The fourth-order valence-electron chi connectivity index (χ4n) is 2.35. The number of nitrogens with two attached hydrogens (primary N) is 1. The second-order valence-electron chi connectivity index (χ2n) is 5.43. The van der Waals surface area contributed by atoms with Gasteiger partial charge in [0.25, 0.3) is 0 Å². The lowest BCUT2D eigenvalue weighted by Gasteiger charge is -2.21. The molecule has 3 nitrogen and oxygen atoms in total. The number of hydrogen-bond acceptors (Lipinski definition) is 3. The van der Waals surface area contributed by atoms with Crippen molar-refractivity contribution < 1.29 is 0 Å². The Morgan fingerprint density at radius 2 is 2.05 bits per heavy atom. The van der Waals surface area contributed by atoms with E-state index in [2.05, 4.69) is 31.1 Å². The van der Waals surface area contributed by atoms with Gasteiger partial charge in [-0.05, 0) is 39.2 Å². The normalized spacial score (nSPS) is 13.9. The molecule has 0 saturated carbocycles. The van der Waals surface area contributed by atoms with E-state index in [4.69, 9.17) is 18.0 Å². The Labute approximate surface area is 122 Å². The van der Waals surface area contributed by atoms with E-state index in [9.17, 15) is 0 Å². The Hall–Kier alpha value is -1.16. The van der Waals surface area contributed by atoms with Crippen molar-refractivity contribution >= 4 is 22.9 Å². The first-order chi connectivity index (χ1) is 8.85. The smallest absolute Gasteiger partial charge is 0.107 e. The minimum atomic E-state index is 0.393. The summed E-state index contributed by atoms with van der Waals surface area (Å²) in [6.45, 7) is 10.6. The van der Waals surface area contributed by atoms with Gasteiger partial charge >= 0.3 is 0 Å². The number of aryl methyl sites for hydroxylation is 2. The van der Waals surface area contributed by atoms with Crippen molar-refractivity contribution in [2.24, 2.45) is 11.7 Å². The lowest BCUT2D eigenvalue weighted by Crippen LogP contribution is -2.22. The van der Waals surface area contributed by atoms with Crippen LogP contribution >= 0.6 is 12.2 Å². The van der Waals surface area contributed by atoms with E-state index >= 15 is 0 Å². The van der Waals surface area contributed by atoms with Crippen LogP contribution in [0.3, 0.4) is 0 Å². The highest BCUT2D eigenvalue weighted by Gasteiger charge is 2.14. The summed E-state index contributed by atoms with van der Waals surface area (Å²) in [6, 6.07) is 2.42. The average Bonchev–Trinajstić information content (AvgIpc) is 2.26. The van der Waals surface area contributed by atoms with E-state index in [1.54, 1.807) is 0 Å². The summed E-state index contributed by atoms with van der Waals surface area (Å²) in [7, 11) is 0. The van der Waals surface area contributed by atoms with Crippen molar-refractivity contribution in [2.45, 2.75) is 53.5 Å². The van der Waals surface area contributed by atoms with Gasteiger partial charge in [-0.15, -0.1) is 0 Å². The molecule has 1 aromatic rings. The first kappa shape index (κ1) is 15.9. The Kier molecular flexibility index (Phi) is 5.73. The van der Waals surface area contributed by atoms with E-state index < -0.39 is 0 Å². The molecule has 106 valence electrons. The molecule has 0 fully saturated rings. The van der Waals surface area contributed by atoms with Crippen LogP contribution in [-0.2, 0) is 0 Å². The molecule has 0 aromatic carbocycles. The second kappa shape index (κ2) is 6.85. The number of hydrogen-bond donors (Lipinski definition) is 2. The molecule has 1 heterocycles. The van der Waals surface area contributed by atoms with Crippen LogP contribution in [0.25, 0.3) is 0 Å². The van der Waals surface area contributed by atoms with Crippen LogP contribution in [0.2, 0.25) is 0 Å². The first-order valence-corrected chi connectivity index (χ1v) is 7.30. The van der Waals surface area contributed by atoms with Crippen molar-refractivity contribution in [3.05, 3.63) is 23.0 Å². The molecular weight excluding hydrogens is 254 g/mol. The molecule has 0 aliphatic heterocycles. The summed E-state index contributed by atoms with van der Waals surface area (Å²) in [5.41, 5.74) is 9.58. The molecule has 19 heavy (non-hydrogen) atoms. The minimum absolute atomic E-state index is 0.393. The van der Waals surface area contributed by atoms with E-state index in [0.29, 0.717) is 16.9 Å². The Morgan fingerprint density at radius 3 is 2.58 bits per heavy atom. The van der Waals surface area contributed by atoms with Gasteiger partial charge in [-0.25, -0.2) is 0 Å². The van der Waals surface area contributed by atoms with Crippen LogP contribution in [0.15, 0.2) is 6.07 Å². The van der Waals surface area contributed by atoms with Crippen molar-refractivity contribution in [1.29, 1.82) is 0 Å². The van der Waals surface area contributed by atoms with Gasteiger partial charge in [0, 0.05) is 23.1 Å². The molecule has 4 heteroatoms. The molecule has 0 aliphatic rings. The third-order valence-electron chi connectivity index (χ3n) is 3.43. The summed E-state index contributed by atoms with van der Waals surface area (Å²) in [5, 5.41) is 3.53. The van der Waals surface area contributed by atoms with E-state index in [0.717, 1.165) is 29.1 Å². The van der Waals surface area contributed by atoms with Gasteiger partial charge in [0.15, 0.2) is 0 Å². The molecule has 0 radical (unpaired) electrons. The second-order valence-corrected chi connectivity index (χ2v) is 5.87. The lowest BCUT2D eigenvalue weighted by atomic mass is 9.99. The molecule has 2 atom stereocenters. The number of anilines is 1. The third-order valence-corrected chi connectivity index (χ3v) is 3.63. The van der Waals surface area contributed by atoms with Gasteiger partial charge in [-0.1, -0.05) is 32.5 Å². The molecule has 1 rings (SSSR count). The number of aromatic nitrogens is 1. The zero-order valence-electron chi connectivity index (χ0n) is 12.6. The molecule has 0 saturated heterocycles. The van der Waals surface area contributed by atoms with Crippen LogP contribution in [0.5, 0.6) is 0 Å². The Bertz CT molecular complexity index is 457. The van der Waals surface area contributed by atoms with E-state index in [-0.39, 0.29) is 0 Å². The van der Waals surface area contributed by atoms with Crippen molar-refractivity contribution in [3.8, 4) is 0 Å². The predicted molar refractivity (Wildman–Crippen MR) is 86.8 cm³/mol. The molecule has 2 unspecified atom stereocenters. The van der Waals surface area contributed by atoms with Crippen LogP contribution in [-0.4, -0.2) is 16.0 Å². The highest BCUT2D eigenvalue weighted by atomic mass is 32.1. The van der Waals surface area contributed by atoms with Crippen LogP contribution in [0.4, 0.5) is 5.69 Å². The molecule has 0 spiro atoms. The number of nitrogens with zero attached hydrogens (tertiary/aromatic N) is 1. The lowest BCUT2D eigenvalue weighted by molar-refractivity contribution is 0.484. The highest BCUT2D eigenvalue weighted by molar-refractivity contribution is 7.80. The number of rotatable bonds is 6. The predicted octanol–water partition coefficient (Wildman–Crippen LogP) is 3.57. The van der Waals surface area contributed by atoms with Crippen LogP contribution in [0, 0.1) is 19.8 Å². The fraction of sp³-hybridized carbons (Fsp3) is 0.600. The van der Waals surface area contributed by atoms with Crippen molar-refractivity contribution in [2.75, 3.05) is 5.32 Å². The minimum Gasteiger partial charge on any atom is -0.389 e. The first-order valence-electron chi connectivity index (χ1n) is 6.89.